The molecular weight excluding hydrogens is 290 g/mol. The van der Waals surface area contributed by atoms with Crippen molar-refractivity contribution in [3.8, 4) is 0 Å². The average Bonchev–Trinajstić information content (AvgIpc) is 2.38. The Kier molecular flexibility index (Phi) is 8.16. The maximum absolute atomic E-state index is 11.6. The smallest absolute Gasteiger partial charge is 0.209 e. The van der Waals surface area contributed by atoms with E-state index in [-0.39, 0.29) is 17.3 Å². The zero-order valence-electron chi connectivity index (χ0n) is 13.5. The van der Waals surface area contributed by atoms with Gasteiger partial charge >= 0.3 is 0 Å². The van der Waals surface area contributed by atoms with Crippen molar-refractivity contribution in [2.24, 2.45) is 10.6 Å². The first-order chi connectivity index (χ1) is 9.91. The van der Waals surface area contributed by atoms with Gasteiger partial charge in [-0.3, -0.25) is 0 Å². The van der Waals surface area contributed by atoms with Crippen LogP contribution < -0.4 is 5.14 Å². The van der Waals surface area contributed by atoms with Gasteiger partial charge in [-0.2, -0.15) is 0 Å². The van der Waals surface area contributed by atoms with Crippen LogP contribution in [0.2, 0.25) is 0 Å². The van der Waals surface area contributed by atoms with Gasteiger partial charge in [-0.05, 0) is 32.1 Å². The third-order valence-electron chi connectivity index (χ3n) is 4.05. The second-order valence-corrected chi connectivity index (χ2v) is 7.93. The Hall–Kier alpha value is -0.170. The fourth-order valence-electron chi connectivity index (χ4n) is 3.29. The molecule has 5 nitrogen and oxygen atoms in total. The van der Waals surface area contributed by atoms with Gasteiger partial charge in [0.1, 0.15) is 0 Å². The molecule has 1 fully saturated rings. The fraction of sp³-hybridized carbons (Fsp3) is 1.00. The first-order valence-electron chi connectivity index (χ1n) is 8.10. The number of sulfonamides is 1. The summed E-state index contributed by atoms with van der Waals surface area (Å²) in [6.07, 6.45) is 7.00. The first kappa shape index (κ1) is 18.9. The number of hydrogen-bond donors (Lipinski definition) is 1. The number of nitrogens with two attached hydrogens (primary N) is 1. The lowest BCUT2D eigenvalue weighted by atomic mass is 9.82. The maximum atomic E-state index is 11.6. The van der Waals surface area contributed by atoms with Crippen molar-refractivity contribution in [2.45, 2.75) is 64.9 Å². The predicted octanol–water partition coefficient (Wildman–Crippen LogP) is 2.45. The minimum Gasteiger partial charge on any atom is -0.378 e. The molecule has 0 aromatic carbocycles. The van der Waals surface area contributed by atoms with Crippen molar-refractivity contribution < 1.29 is 17.9 Å². The number of primary sulfonamides is 1. The van der Waals surface area contributed by atoms with Gasteiger partial charge in [0.2, 0.25) is 10.0 Å². The highest BCUT2D eigenvalue weighted by molar-refractivity contribution is 7.89. The molecule has 0 radical (unpaired) electrons. The van der Waals surface area contributed by atoms with E-state index in [9.17, 15) is 8.42 Å². The van der Waals surface area contributed by atoms with E-state index in [4.69, 9.17) is 14.6 Å². The van der Waals surface area contributed by atoms with Crippen molar-refractivity contribution in [1.29, 1.82) is 0 Å². The molecule has 0 spiro atoms. The van der Waals surface area contributed by atoms with Crippen molar-refractivity contribution >= 4 is 10.0 Å². The molecule has 1 heterocycles. The highest BCUT2D eigenvalue weighted by atomic mass is 32.2. The lowest BCUT2D eigenvalue weighted by Crippen LogP contribution is -2.38. The van der Waals surface area contributed by atoms with E-state index >= 15 is 0 Å². The SMILES string of the molecule is CCCC(CCC)(COCC1CCCCO1)CS(N)(=O)=O. The van der Waals surface area contributed by atoms with Gasteiger partial charge in [-0.25, -0.2) is 13.6 Å². The van der Waals surface area contributed by atoms with Gasteiger partial charge in [0, 0.05) is 12.0 Å². The Bertz CT molecular complexity index is 371. The molecule has 0 saturated carbocycles. The molecule has 1 saturated heterocycles. The Morgan fingerprint density at radius 2 is 1.90 bits per heavy atom. The molecule has 21 heavy (non-hydrogen) atoms. The summed E-state index contributed by atoms with van der Waals surface area (Å²) >= 11 is 0. The van der Waals surface area contributed by atoms with E-state index in [1.54, 1.807) is 0 Å². The predicted molar refractivity (Wildman–Crippen MR) is 84.6 cm³/mol. The van der Waals surface area contributed by atoms with Crippen molar-refractivity contribution in [1.82, 2.24) is 0 Å². The Labute approximate surface area is 129 Å². The second kappa shape index (κ2) is 9.08. The summed E-state index contributed by atoms with van der Waals surface area (Å²) in [5.41, 5.74) is -0.355. The summed E-state index contributed by atoms with van der Waals surface area (Å²) in [5.74, 6) is 0.00715. The van der Waals surface area contributed by atoms with E-state index in [0.29, 0.717) is 13.2 Å². The van der Waals surface area contributed by atoms with E-state index < -0.39 is 10.0 Å². The minimum absolute atomic E-state index is 0.00715. The quantitative estimate of drug-likeness (QED) is 0.670. The highest BCUT2D eigenvalue weighted by Crippen LogP contribution is 2.32. The van der Waals surface area contributed by atoms with Crippen LogP contribution in [-0.2, 0) is 19.5 Å². The molecule has 1 unspecified atom stereocenters. The topological polar surface area (TPSA) is 78.6 Å². The van der Waals surface area contributed by atoms with Gasteiger partial charge in [-0.15, -0.1) is 0 Å². The highest BCUT2D eigenvalue weighted by Gasteiger charge is 2.33. The standard InChI is InChI=1S/C15H31NO4S/c1-3-8-15(9-4-2,13-21(16,17)18)12-19-11-14-7-5-6-10-20-14/h14H,3-13H2,1-2H3,(H2,16,17,18). The molecule has 1 rings (SSSR count). The summed E-state index contributed by atoms with van der Waals surface area (Å²) in [6, 6.07) is 0. The first-order valence-corrected chi connectivity index (χ1v) is 9.82. The summed E-state index contributed by atoms with van der Waals surface area (Å²) in [6.45, 7) is 5.95. The zero-order chi connectivity index (χ0) is 15.8. The molecule has 1 aliphatic rings. The van der Waals surface area contributed by atoms with E-state index in [2.05, 4.69) is 13.8 Å². The molecule has 1 aliphatic heterocycles. The minimum atomic E-state index is -3.49. The third-order valence-corrected chi connectivity index (χ3v) is 5.07. The average molecular weight is 321 g/mol. The molecule has 0 aliphatic carbocycles. The molecule has 126 valence electrons. The normalized spacial score (nSPS) is 20.6. The summed E-state index contributed by atoms with van der Waals surface area (Å²) in [7, 11) is -3.49. The van der Waals surface area contributed by atoms with Crippen molar-refractivity contribution in [3.63, 3.8) is 0 Å². The largest absolute Gasteiger partial charge is 0.378 e. The van der Waals surface area contributed by atoms with Crippen LogP contribution in [-0.4, -0.2) is 40.1 Å². The van der Waals surface area contributed by atoms with E-state index in [0.717, 1.165) is 45.1 Å². The molecule has 0 bridgehead atoms. The van der Waals surface area contributed by atoms with Crippen LogP contribution in [0.15, 0.2) is 0 Å². The van der Waals surface area contributed by atoms with E-state index in [1.165, 1.54) is 6.42 Å². The van der Waals surface area contributed by atoms with Crippen LogP contribution in [0.4, 0.5) is 0 Å². The van der Waals surface area contributed by atoms with Crippen LogP contribution in [0.1, 0.15) is 58.8 Å². The molecular formula is C15H31NO4S. The fourth-order valence-corrected chi connectivity index (χ4v) is 4.51. The van der Waals surface area contributed by atoms with Gasteiger partial charge in [0.15, 0.2) is 0 Å². The molecule has 0 aromatic rings. The van der Waals surface area contributed by atoms with Crippen molar-refractivity contribution in [3.05, 3.63) is 0 Å². The van der Waals surface area contributed by atoms with Crippen LogP contribution in [0.3, 0.4) is 0 Å². The van der Waals surface area contributed by atoms with Crippen LogP contribution in [0, 0.1) is 5.41 Å². The lowest BCUT2D eigenvalue weighted by Gasteiger charge is -2.33. The summed E-state index contributed by atoms with van der Waals surface area (Å²) < 4.78 is 34.6. The van der Waals surface area contributed by atoms with Gasteiger partial charge in [-0.1, -0.05) is 26.7 Å². The molecule has 2 N–H and O–H groups in total. The van der Waals surface area contributed by atoms with Crippen molar-refractivity contribution in [2.75, 3.05) is 25.6 Å². The second-order valence-electron chi connectivity index (χ2n) is 6.31. The molecule has 6 heteroatoms. The Balaban J connectivity index is 2.57. The van der Waals surface area contributed by atoms with Crippen LogP contribution >= 0.6 is 0 Å². The van der Waals surface area contributed by atoms with Gasteiger partial charge in [0.25, 0.3) is 0 Å². The number of rotatable bonds is 10. The number of hydrogen-bond acceptors (Lipinski definition) is 4. The Morgan fingerprint density at radius 1 is 1.24 bits per heavy atom. The lowest BCUT2D eigenvalue weighted by molar-refractivity contribution is -0.0586. The van der Waals surface area contributed by atoms with Crippen LogP contribution in [0.5, 0.6) is 0 Å². The monoisotopic (exact) mass is 321 g/mol. The summed E-state index contributed by atoms with van der Waals surface area (Å²) in [5, 5.41) is 5.29. The summed E-state index contributed by atoms with van der Waals surface area (Å²) in [4.78, 5) is 0. The maximum Gasteiger partial charge on any atom is 0.209 e. The third kappa shape index (κ3) is 7.58. The van der Waals surface area contributed by atoms with E-state index in [1.807, 2.05) is 0 Å². The van der Waals surface area contributed by atoms with Crippen LogP contribution in [0.25, 0.3) is 0 Å². The van der Waals surface area contributed by atoms with Gasteiger partial charge in [0.05, 0.1) is 25.1 Å². The number of ether oxygens (including phenoxy) is 2. The molecule has 1 atom stereocenters. The zero-order valence-corrected chi connectivity index (χ0v) is 14.3. The molecule has 0 amide bonds. The van der Waals surface area contributed by atoms with Gasteiger partial charge < -0.3 is 9.47 Å². The molecule has 0 aromatic heterocycles. The Morgan fingerprint density at radius 3 is 2.38 bits per heavy atom.